The maximum Gasteiger partial charge on any atom is 0.243 e. The Bertz CT molecular complexity index is 239. The lowest BCUT2D eigenvalue weighted by atomic mass is 9.99. The molecule has 1 atom stereocenters. The molecule has 0 aliphatic carbocycles. The minimum absolute atomic E-state index is 0.0508. The van der Waals surface area contributed by atoms with Gasteiger partial charge in [0.2, 0.25) is 11.8 Å². The second-order valence-corrected chi connectivity index (χ2v) is 3.85. The van der Waals surface area contributed by atoms with Gasteiger partial charge in [0.1, 0.15) is 6.61 Å². The van der Waals surface area contributed by atoms with Crippen LogP contribution in [-0.2, 0) is 14.3 Å². The van der Waals surface area contributed by atoms with E-state index in [1.54, 1.807) is 0 Å². The third-order valence-electron chi connectivity index (χ3n) is 2.46. The molecule has 0 unspecified atom stereocenters. The Labute approximate surface area is 94.9 Å². The predicted octanol–water partition coefficient (Wildman–Crippen LogP) is -1.40. The van der Waals surface area contributed by atoms with Gasteiger partial charge in [-0.3, -0.25) is 9.59 Å². The van der Waals surface area contributed by atoms with Crippen molar-refractivity contribution in [1.29, 1.82) is 0 Å². The van der Waals surface area contributed by atoms with Gasteiger partial charge in [-0.25, -0.2) is 0 Å². The fourth-order valence-electron chi connectivity index (χ4n) is 1.64. The molecule has 0 aromatic heterocycles. The highest BCUT2D eigenvalue weighted by molar-refractivity contribution is 5.79. The van der Waals surface area contributed by atoms with E-state index < -0.39 is 5.91 Å². The Kier molecular flexibility index (Phi) is 5.81. The summed E-state index contributed by atoms with van der Waals surface area (Å²) in [6.07, 6.45) is 1.97. The van der Waals surface area contributed by atoms with Gasteiger partial charge in [0.15, 0.2) is 0 Å². The molecular weight excluding hydrogens is 210 g/mol. The largest absolute Gasteiger partial charge is 0.370 e. The molecule has 1 saturated heterocycles. The van der Waals surface area contributed by atoms with Crippen molar-refractivity contribution in [2.45, 2.75) is 12.8 Å². The van der Waals surface area contributed by atoms with E-state index in [-0.39, 0.29) is 18.4 Å². The van der Waals surface area contributed by atoms with Crippen LogP contribution in [0.15, 0.2) is 0 Å². The smallest absolute Gasteiger partial charge is 0.243 e. The van der Waals surface area contributed by atoms with Crippen molar-refractivity contribution < 1.29 is 14.3 Å². The molecule has 1 aliphatic heterocycles. The summed E-state index contributed by atoms with van der Waals surface area (Å²) in [5.74, 6) is -0.387. The van der Waals surface area contributed by atoms with E-state index in [1.165, 1.54) is 0 Å². The molecule has 6 nitrogen and oxygen atoms in total. The van der Waals surface area contributed by atoms with Crippen LogP contribution in [0.3, 0.4) is 0 Å². The van der Waals surface area contributed by atoms with E-state index in [0.29, 0.717) is 13.2 Å². The zero-order chi connectivity index (χ0) is 11.8. The summed E-state index contributed by atoms with van der Waals surface area (Å²) in [6.45, 7) is 2.37. The van der Waals surface area contributed by atoms with Crippen LogP contribution in [0.2, 0.25) is 0 Å². The van der Waals surface area contributed by atoms with Gasteiger partial charge in [-0.2, -0.15) is 0 Å². The monoisotopic (exact) mass is 229 g/mol. The third-order valence-corrected chi connectivity index (χ3v) is 2.46. The molecule has 4 N–H and O–H groups in total. The first kappa shape index (κ1) is 12.9. The van der Waals surface area contributed by atoms with Gasteiger partial charge < -0.3 is 21.1 Å². The number of piperidine rings is 1. The molecule has 1 aliphatic rings. The molecular formula is C10H19N3O3. The quantitative estimate of drug-likeness (QED) is 0.488. The molecule has 16 heavy (non-hydrogen) atoms. The van der Waals surface area contributed by atoms with Crippen molar-refractivity contribution in [2.75, 3.05) is 32.8 Å². The maximum absolute atomic E-state index is 11.6. The van der Waals surface area contributed by atoms with E-state index in [2.05, 4.69) is 10.6 Å². The zero-order valence-electron chi connectivity index (χ0n) is 9.33. The van der Waals surface area contributed by atoms with Crippen molar-refractivity contribution in [1.82, 2.24) is 10.6 Å². The van der Waals surface area contributed by atoms with E-state index in [0.717, 1.165) is 25.9 Å². The van der Waals surface area contributed by atoms with Crippen LogP contribution in [0.5, 0.6) is 0 Å². The highest BCUT2D eigenvalue weighted by Crippen LogP contribution is 2.09. The number of carbonyl (C=O) groups excluding carboxylic acids is 2. The van der Waals surface area contributed by atoms with Gasteiger partial charge in [-0.1, -0.05) is 0 Å². The molecule has 1 fully saturated rings. The highest BCUT2D eigenvalue weighted by atomic mass is 16.5. The molecule has 0 aromatic carbocycles. The fourth-order valence-corrected chi connectivity index (χ4v) is 1.64. The lowest BCUT2D eigenvalue weighted by Gasteiger charge is -2.21. The molecule has 1 rings (SSSR count). The number of hydrogen-bond donors (Lipinski definition) is 3. The molecule has 2 amide bonds. The van der Waals surface area contributed by atoms with E-state index in [9.17, 15) is 9.59 Å². The summed E-state index contributed by atoms with van der Waals surface area (Å²) in [5, 5.41) is 5.95. The molecule has 1 heterocycles. The normalized spacial score (nSPS) is 20.4. The number of nitrogens with two attached hydrogens (primary N) is 1. The van der Waals surface area contributed by atoms with Crippen LogP contribution in [0.25, 0.3) is 0 Å². The van der Waals surface area contributed by atoms with Crippen molar-refractivity contribution in [2.24, 2.45) is 11.7 Å². The van der Waals surface area contributed by atoms with Crippen molar-refractivity contribution in [3.05, 3.63) is 0 Å². The van der Waals surface area contributed by atoms with Crippen LogP contribution < -0.4 is 16.4 Å². The predicted molar refractivity (Wildman–Crippen MR) is 58.6 cm³/mol. The Morgan fingerprint density at radius 1 is 1.50 bits per heavy atom. The van der Waals surface area contributed by atoms with Crippen molar-refractivity contribution >= 4 is 11.8 Å². The Hall–Kier alpha value is -1.14. The van der Waals surface area contributed by atoms with Gasteiger partial charge in [0, 0.05) is 13.1 Å². The zero-order valence-corrected chi connectivity index (χ0v) is 9.33. The number of ether oxygens (including phenoxy) is 1. The van der Waals surface area contributed by atoms with Crippen LogP contribution >= 0.6 is 0 Å². The summed E-state index contributed by atoms with van der Waals surface area (Å²) in [5.41, 5.74) is 4.89. The van der Waals surface area contributed by atoms with Crippen LogP contribution in [0.1, 0.15) is 12.8 Å². The van der Waals surface area contributed by atoms with Gasteiger partial charge >= 0.3 is 0 Å². The van der Waals surface area contributed by atoms with Gasteiger partial charge in [0.25, 0.3) is 0 Å². The molecule has 92 valence electrons. The second kappa shape index (κ2) is 7.19. The number of nitrogens with one attached hydrogen (secondary N) is 2. The summed E-state index contributed by atoms with van der Waals surface area (Å²) < 4.78 is 4.93. The van der Waals surface area contributed by atoms with Crippen molar-refractivity contribution in [3.8, 4) is 0 Å². The molecule has 0 radical (unpaired) electrons. The summed E-state index contributed by atoms with van der Waals surface area (Å²) in [7, 11) is 0. The Morgan fingerprint density at radius 3 is 2.94 bits per heavy atom. The molecule has 0 aromatic rings. The Morgan fingerprint density at radius 2 is 2.31 bits per heavy atom. The number of hydrogen-bond acceptors (Lipinski definition) is 4. The number of carbonyl (C=O) groups is 2. The van der Waals surface area contributed by atoms with E-state index in [4.69, 9.17) is 10.5 Å². The minimum Gasteiger partial charge on any atom is -0.370 e. The summed E-state index contributed by atoms with van der Waals surface area (Å²) in [4.78, 5) is 21.9. The van der Waals surface area contributed by atoms with Crippen LogP contribution in [0.4, 0.5) is 0 Å². The average Bonchev–Trinajstić information content (AvgIpc) is 2.29. The lowest BCUT2D eigenvalue weighted by Crippen LogP contribution is -2.41. The molecule has 0 spiro atoms. The Balaban J connectivity index is 2.03. The standard InChI is InChI=1S/C10H19N3O3/c11-9(14)7-16-5-4-13-10(15)8-2-1-3-12-6-8/h8,12H,1-7H2,(H2,11,14)(H,13,15)/t8-/m0/s1. The van der Waals surface area contributed by atoms with Gasteiger partial charge in [-0.15, -0.1) is 0 Å². The first-order valence-electron chi connectivity index (χ1n) is 5.54. The topological polar surface area (TPSA) is 93.5 Å². The summed E-state index contributed by atoms with van der Waals surface area (Å²) >= 11 is 0. The minimum atomic E-state index is -0.497. The SMILES string of the molecule is NC(=O)COCCNC(=O)[C@H]1CCCNC1. The van der Waals surface area contributed by atoms with Crippen LogP contribution in [-0.4, -0.2) is 44.7 Å². The van der Waals surface area contributed by atoms with Gasteiger partial charge in [-0.05, 0) is 19.4 Å². The lowest BCUT2D eigenvalue weighted by molar-refractivity contribution is -0.125. The fraction of sp³-hybridized carbons (Fsp3) is 0.800. The van der Waals surface area contributed by atoms with Gasteiger partial charge in [0.05, 0.1) is 12.5 Å². The molecule has 0 bridgehead atoms. The maximum atomic E-state index is 11.6. The molecule has 6 heteroatoms. The number of rotatable bonds is 6. The summed E-state index contributed by atoms with van der Waals surface area (Å²) in [6, 6.07) is 0. The first-order chi connectivity index (χ1) is 7.70. The number of amides is 2. The van der Waals surface area contributed by atoms with Crippen LogP contribution in [0, 0.1) is 5.92 Å². The van der Waals surface area contributed by atoms with E-state index >= 15 is 0 Å². The first-order valence-corrected chi connectivity index (χ1v) is 5.54. The second-order valence-electron chi connectivity index (χ2n) is 3.85. The third kappa shape index (κ3) is 5.09. The molecule has 0 saturated carbocycles. The van der Waals surface area contributed by atoms with Crippen molar-refractivity contribution in [3.63, 3.8) is 0 Å². The number of primary amides is 1. The van der Waals surface area contributed by atoms with E-state index in [1.807, 2.05) is 0 Å². The average molecular weight is 229 g/mol. The highest BCUT2D eigenvalue weighted by Gasteiger charge is 2.19.